The third-order valence-corrected chi connectivity index (χ3v) is 7.08. The fourth-order valence-electron chi connectivity index (χ4n) is 4.26. The molecule has 2 aromatic heterocycles. The van der Waals surface area contributed by atoms with E-state index in [-0.39, 0.29) is 22.4 Å². The number of pyridine rings is 2. The molecule has 0 aliphatic carbocycles. The van der Waals surface area contributed by atoms with Crippen LogP contribution in [0.1, 0.15) is 53.2 Å². The monoisotopic (exact) mass is 465 g/mol. The van der Waals surface area contributed by atoms with Gasteiger partial charge in [-0.25, -0.2) is 14.7 Å². The first-order valence-corrected chi connectivity index (χ1v) is 12.4. The van der Waals surface area contributed by atoms with Gasteiger partial charge in [-0.2, -0.15) is 8.42 Å². The van der Waals surface area contributed by atoms with E-state index in [9.17, 15) is 13.2 Å². The molecule has 33 heavy (non-hydrogen) atoms. The molecule has 1 aromatic carbocycles. The predicted octanol–water partition coefficient (Wildman–Crippen LogP) is 3.61. The maximum atomic E-state index is 13.2. The van der Waals surface area contributed by atoms with Gasteiger partial charge in [-0.3, -0.25) is 4.79 Å². The summed E-state index contributed by atoms with van der Waals surface area (Å²) in [5.41, 5.74) is 8.17. The summed E-state index contributed by atoms with van der Waals surface area (Å²) in [4.78, 5) is 23.6. The van der Waals surface area contributed by atoms with Gasteiger partial charge in [0, 0.05) is 12.7 Å². The van der Waals surface area contributed by atoms with Gasteiger partial charge in [0.1, 0.15) is 11.6 Å². The van der Waals surface area contributed by atoms with Crippen molar-refractivity contribution in [3.8, 4) is 0 Å². The van der Waals surface area contributed by atoms with E-state index in [1.807, 2.05) is 12.1 Å². The average molecular weight is 466 g/mol. The van der Waals surface area contributed by atoms with Crippen molar-refractivity contribution in [3.05, 3.63) is 77.5 Å². The zero-order chi connectivity index (χ0) is 23.4. The van der Waals surface area contributed by atoms with Crippen molar-refractivity contribution in [2.45, 2.75) is 43.7 Å². The minimum Gasteiger partial charge on any atom is -0.384 e. The summed E-state index contributed by atoms with van der Waals surface area (Å²) in [5.74, 6) is -0.228. The molecule has 1 atom stereocenters. The molecule has 3 heterocycles. The highest BCUT2D eigenvalue weighted by Gasteiger charge is 2.29. The lowest BCUT2D eigenvalue weighted by atomic mass is 9.96. The number of aromatic nitrogens is 2. The maximum absolute atomic E-state index is 13.2. The Balaban J connectivity index is 1.70. The van der Waals surface area contributed by atoms with Gasteiger partial charge in [-0.15, -0.1) is 0 Å². The average Bonchev–Trinajstić information content (AvgIpc) is 3.05. The highest BCUT2D eigenvalue weighted by atomic mass is 32.2. The molecule has 3 aromatic rings. The first-order valence-electron chi connectivity index (χ1n) is 10.9. The third-order valence-electron chi connectivity index (χ3n) is 5.85. The van der Waals surface area contributed by atoms with Crippen LogP contribution in [0.15, 0.2) is 65.8 Å². The van der Waals surface area contributed by atoms with Crippen LogP contribution in [0.4, 0.5) is 11.6 Å². The molecule has 3 N–H and O–H groups in total. The number of sulfonamides is 1. The number of anilines is 2. The molecule has 1 aliphatic rings. The fourth-order valence-corrected chi connectivity index (χ4v) is 5.20. The Bertz CT molecular complexity index is 1260. The van der Waals surface area contributed by atoms with E-state index in [0.717, 1.165) is 32.2 Å². The van der Waals surface area contributed by atoms with Crippen LogP contribution in [-0.2, 0) is 10.0 Å². The number of hydrogen-bond donors (Lipinski definition) is 2. The van der Waals surface area contributed by atoms with Crippen molar-refractivity contribution in [3.63, 3.8) is 0 Å². The van der Waals surface area contributed by atoms with Crippen LogP contribution in [0.25, 0.3) is 0 Å². The van der Waals surface area contributed by atoms with Crippen molar-refractivity contribution < 1.29 is 13.2 Å². The maximum Gasteiger partial charge on any atom is 0.281 e. The molecule has 9 heteroatoms. The summed E-state index contributed by atoms with van der Waals surface area (Å²) in [5, 5.41) is -0.311. The highest BCUT2D eigenvalue weighted by molar-refractivity contribution is 7.90. The first kappa shape index (κ1) is 22.7. The molecular weight excluding hydrogens is 438 g/mol. The Kier molecular flexibility index (Phi) is 6.60. The van der Waals surface area contributed by atoms with Crippen LogP contribution in [0, 0.1) is 6.92 Å². The van der Waals surface area contributed by atoms with E-state index in [1.54, 1.807) is 18.3 Å². The first-order chi connectivity index (χ1) is 15.9. The normalized spacial score (nSPS) is 16.8. The molecule has 0 saturated carbocycles. The zero-order valence-corrected chi connectivity index (χ0v) is 19.3. The van der Waals surface area contributed by atoms with Crippen LogP contribution in [0.3, 0.4) is 0 Å². The van der Waals surface area contributed by atoms with E-state index < -0.39 is 15.9 Å². The van der Waals surface area contributed by atoms with E-state index >= 15 is 0 Å². The van der Waals surface area contributed by atoms with Crippen LogP contribution in [0.5, 0.6) is 0 Å². The lowest BCUT2D eigenvalue weighted by Gasteiger charge is -2.33. The summed E-state index contributed by atoms with van der Waals surface area (Å²) in [6.07, 6.45) is 5.67. The lowest BCUT2D eigenvalue weighted by molar-refractivity contribution is 0.0981. The Morgan fingerprint density at radius 3 is 2.67 bits per heavy atom. The Morgan fingerprint density at radius 2 is 1.88 bits per heavy atom. The molecule has 1 amide bonds. The molecule has 1 unspecified atom stereocenters. The molecule has 172 valence electrons. The second kappa shape index (κ2) is 9.58. The van der Waals surface area contributed by atoms with Gasteiger partial charge in [0.15, 0.2) is 5.03 Å². The fraction of sp³-hybridized carbons (Fsp3) is 0.292. The van der Waals surface area contributed by atoms with Crippen LogP contribution in [0.2, 0.25) is 0 Å². The van der Waals surface area contributed by atoms with Crippen molar-refractivity contribution in [1.29, 1.82) is 0 Å². The van der Waals surface area contributed by atoms with Gasteiger partial charge in [0.25, 0.3) is 15.9 Å². The number of aryl methyl sites for hydroxylation is 1. The summed E-state index contributed by atoms with van der Waals surface area (Å²) >= 11 is 0. The second-order valence-electron chi connectivity index (χ2n) is 8.12. The molecular formula is C24H27N5O3S. The van der Waals surface area contributed by atoms with E-state index in [2.05, 4.69) is 38.6 Å². The van der Waals surface area contributed by atoms with Gasteiger partial charge in [-0.05, 0) is 55.2 Å². The topological polar surface area (TPSA) is 118 Å². The van der Waals surface area contributed by atoms with E-state index in [1.165, 1.54) is 29.3 Å². The van der Waals surface area contributed by atoms with Crippen molar-refractivity contribution in [1.82, 2.24) is 14.7 Å². The number of hydrogen-bond acceptors (Lipinski definition) is 7. The zero-order valence-electron chi connectivity index (χ0n) is 18.4. The number of benzene rings is 1. The van der Waals surface area contributed by atoms with Crippen molar-refractivity contribution in [2.24, 2.45) is 0 Å². The highest BCUT2D eigenvalue weighted by Crippen LogP contribution is 2.36. The smallest absolute Gasteiger partial charge is 0.281 e. The minimum absolute atomic E-state index is 0.0438. The molecule has 1 aliphatic heterocycles. The number of nitrogen functional groups attached to an aromatic ring is 1. The Hall–Kier alpha value is -3.46. The molecule has 0 radical (unpaired) electrons. The number of nitrogens with zero attached hydrogens (tertiary/aromatic N) is 3. The van der Waals surface area contributed by atoms with E-state index in [4.69, 9.17) is 5.73 Å². The molecule has 4 rings (SSSR count). The number of carbonyl (C=O) groups excluding carboxylic acids is 1. The number of carbonyl (C=O) groups is 1. The Labute approximate surface area is 193 Å². The number of rotatable bonds is 5. The van der Waals surface area contributed by atoms with Crippen molar-refractivity contribution in [2.75, 3.05) is 17.2 Å². The lowest BCUT2D eigenvalue weighted by Crippen LogP contribution is -2.35. The van der Waals surface area contributed by atoms with Gasteiger partial charge < -0.3 is 10.6 Å². The molecule has 8 nitrogen and oxygen atoms in total. The predicted molar refractivity (Wildman–Crippen MR) is 127 cm³/mol. The summed E-state index contributed by atoms with van der Waals surface area (Å²) in [7, 11) is -4.19. The SMILES string of the molecule is Cc1ccccc1C1CCCCCN1c1ncccc1C(=O)NS(=O)(=O)c1cccc(N)n1. The minimum atomic E-state index is -4.19. The number of nitrogens with two attached hydrogens (primary N) is 1. The Morgan fingerprint density at radius 1 is 1.06 bits per heavy atom. The number of amides is 1. The molecule has 1 saturated heterocycles. The molecule has 0 bridgehead atoms. The summed E-state index contributed by atoms with van der Waals surface area (Å²) in [6.45, 7) is 2.80. The van der Waals surface area contributed by atoms with Gasteiger partial charge in [0.2, 0.25) is 0 Å². The molecule has 0 spiro atoms. The number of nitrogens with one attached hydrogen (secondary N) is 1. The van der Waals surface area contributed by atoms with Gasteiger partial charge in [0.05, 0.1) is 11.6 Å². The van der Waals surface area contributed by atoms with Gasteiger partial charge >= 0.3 is 0 Å². The molecule has 1 fully saturated rings. The standard InChI is InChI=1S/C24H27N5O3S/c1-17-9-4-5-10-18(17)20-12-3-2-6-16-29(20)23-19(11-8-15-26-23)24(30)28-33(31,32)22-14-7-13-21(25)27-22/h4-5,7-11,13-15,20H,2-3,6,12,16H2,1H3,(H2,25,27)(H,28,30). The van der Waals surface area contributed by atoms with Crippen LogP contribution >= 0.6 is 0 Å². The third kappa shape index (κ3) is 4.98. The van der Waals surface area contributed by atoms with Crippen LogP contribution < -0.4 is 15.4 Å². The summed E-state index contributed by atoms with van der Waals surface area (Å²) < 4.78 is 27.6. The van der Waals surface area contributed by atoms with Crippen LogP contribution in [-0.4, -0.2) is 30.8 Å². The quantitative estimate of drug-likeness (QED) is 0.591. The largest absolute Gasteiger partial charge is 0.384 e. The van der Waals surface area contributed by atoms with Gasteiger partial charge in [-0.1, -0.05) is 43.2 Å². The summed E-state index contributed by atoms with van der Waals surface area (Å²) in [6, 6.07) is 15.7. The second-order valence-corrected chi connectivity index (χ2v) is 9.75. The van der Waals surface area contributed by atoms with E-state index in [0.29, 0.717) is 5.82 Å². The van der Waals surface area contributed by atoms with Crippen molar-refractivity contribution >= 4 is 27.6 Å².